The highest BCUT2D eigenvalue weighted by atomic mass is 19.3. The molecule has 0 aliphatic heterocycles. The number of alkyl halides is 2. The zero-order valence-electron chi connectivity index (χ0n) is 15.6. The van der Waals surface area contributed by atoms with Gasteiger partial charge in [-0.2, -0.15) is 14.0 Å². The molecule has 8 nitrogen and oxygen atoms in total. The van der Waals surface area contributed by atoms with E-state index in [9.17, 15) is 13.6 Å². The van der Waals surface area contributed by atoms with Crippen LogP contribution >= 0.6 is 0 Å². The van der Waals surface area contributed by atoms with Crippen molar-refractivity contribution in [2.45, 2.75) is 19.6 Å². The fraction of sp³-hybridized carbons (Fsp3) is 0.211. The average Bonchev–Trinajstić information content (AvgIpc) is 2.71. The first-order chi connectivity index (χ1) is 13.8. The molecule has 1 unspecified atom stereocenters. The van der Waals surface area contributed by atoms with Crippen LogP contribution in [0.4, 0.5) is 14.5 Å². The molecule has 0 aliphatic rings. The van der Waals surface area contributed by atoms with Gasteiger partial charge in [-0.25, -0.2) is 0 Å². The summed E-state index contributed by atoms with van der Waals surface area (Å²) in [5.74, 6) is -0.732. The number of carbonyl (C=O) groups excluding carboxylic acids is 1. The summed E-state index contributed by atoms with van der Waals surface area (Å²) in [5.41, 5.74) is 6.97. The number of hydrogen-bond acceptors (Lipinski definition) is 6. The Hall–Kier alpha value is -3.87. The van der Waals surface area contributed by atoms with E-state index >= 15 is 0 Å². The molecule has 0 fully saturated rings. The number of rotatable bonds is 8. The summed E-state index contributed by atoms with van der Waals surface area (Å²) in [4.78, 5) is 17.3. The number of benzene rings is 2. The van der Waals surface area contributed by atoms with Gasteiger partial charge in [0.15, 0.2) is 17.3 Å². The third kappa shape index (κ3) is 6.07. The van der Waals surface area contributed by atoms with Crippen LogP contribution in [-0.2, 0) is 9.63 Å². The third-order valence-corrected chi connectivity index (χ3v) is 3.61. The Balaban J connectivity index is 2.04. The zero-order chi connectivity index (χ0) is 21.4. The Bertz CT molecular complexity index is 944. The Morgan fingerprint density at radius 2 is 2.00 bits per heavy atom. The molecule has 3 N–H and O–H groups in total. The van der Waals surface area contributed by atoms with E-state index in [-0.39, 0.29) is 17.3 Å². The number of halogens is 2. The summed E-state index contributed by atoms with van der Waals surface area (Å²) in [5, 5.41) is 15.2. The van der Waals surface area contributed by atoms with Gasteiger partial charge in [-0.15, -0.1) is 0 Å². The fourth-order valence-electron chi connectivity index (χ4n) is 2.17. The van der Waals surface area contributed by atoms with Crippen LogP contribution in [0.15, 0.2) is 47.6 Å². The lowest BCUT2D eigenvalue weighted by atomic mass is 10.2. The van der Waals surface area contributed by atoms with Crippen molar-refractivity contribution in [2.75, 3.05) is 12.4 Å². The number of carbonyl (C=O) groups is 1. The van der Waals surface area contributed by atoms with Gasteiger partial charge in [0.1, 0.15) is 0 Å². The fourth-order valence-corrected chi connectivity index (χ4v) is 2.17. The number of oxime groups is 1. The van der Waals surface area contributed by atoms with Crippen molar-refractivity contribution in [1.29, 1.82) is 5.26 Å². The molecule has 0 saturated carbocycles. The smallest absolute Gasteiger partial charge is 0.387 e. The highest BCUT2D eigenvalue weighted by Gasteiger charge is 2.16. The summed E-state index contributed by atoms with van der Waals surface area (Å²) < 4.78 is 34.1. The van der Waals surface area contributed by atoms with E-state index in [0.29, 0.717) is 16.8 Å². The van der Waals surface area contributed by atoms with Crippen molar-refractivity contribution in [3.05, 3.63) is 53.6 Å². The van der Waals surface area contributed by atoms with Crippen molar-refractivity contribution < 1.29 is 27.9 Å². The summed E-state index contributed by atoms with van der Waals surface area (Å²) in [6, 6.07) is 12.3. The molecule has 0 radical (unpaired) electrons. The number of nitrogens with zero attached hydrogens (tertiary/aromatic N) is 2. The van der Waals surface area contributed by atoms with Crippen LogP contribution in [0.5, 0.6) is 11.5 Å². The topological polar surface area (TPSA) is 119 Å². The summed E-state index contributed by atoms with van der Waals surface area (Å²) in [7, 11) is 1.29. The molecule has 0 bridgehead atoms. The minimum Gasteiger partial charge on any atom is -0.493 e. The lowest BCUT2D eigenvalue weighted by Crippen LogP contribution is -2.27. The maximum atomic E-state index is 12.4. The first-order valence-electron chi connectivity index (χ1n) is 8.27. The number of ether oxygens (including phenoxy) is 2. The minimum atomic E-state index is -3.00. The monoisotopic (exact) mass is 404 g/mol. The number of hydrogen-bond donors (Lipinski definition) is 2. The van der Waals surface area contributed by atoms with E-state index in [1.54, 1.807) is 18.2 Å². The van der Waals surface area contributed by atoms with E-state index in [2.05, 4.69) is 15.2 Å². The normalized spacial score (nSPS) is 12.1. The van der Waals surface area contributed by atoms with Gasteiger partial charge in [0.25, 0.3) is 5.91 Å². The quantitative estimate of drug-likeness (QED) is 0.397. The second-order valence-electron chi connectivity index (χ2n) is 5.65. The van der Waals surface area contributed by atoms with Crippen LogP contribution in [0, 0.1) is 11.3 Å². The van der Waals surface area contributed by atoms with Crippen LogP contribution in [0.25, 0.3) is 0 Å². The molecule has 1 atom stereocenters. The Labute approximate surface area is 165 Å². The number of methoxy groups -OCH3 is 1. The van der Waals surface area contributed by atoms with Crippen molar-refractivity contribution in [2.24, 2.45) is 10.9 Å². The molecule has 2 aromatic carbocycles. The van der Waals surface area contributed by atoms with Crippen molar-refractivity contribution in [1.82, 2.24) is 0 Å². The van der Waals surface area contributed by atoms with E-state index in [1.807, 2.05) is 6.07 Å². The molecular weight excluding hydrogens is 386 g/mol. The number of amides is 1. The Kier molecular flexibility index (Phi) is 7.31. The average molecular weight is 404 g/mol. The molecule has 2 aromatic rings. The van der Waals surface area contributed by atoms with Gasteiger partial charge in [0.2, 0.25) is 6.10 Å². The molecule has 0 aliphatic carbocycles. The van der Waals surface area contributed by atoms with E-state index in [0.717, 1.165) is 0 Å². The Morgan fingerprint density at radius 3 is 2.66 bits per heavy atom. The van der Waals surface area contributed by atoms with Crippen LogP contribution in [0.3, 0.4) is 0 Å². The third-order valence-electron chi connectivity index (χ3n) is 3.61. The highest BCUT2D eigenvalue weighted by Crippen LogP contribution is 2.29. The molecule has 1 amide bonds. The maximum absolute atomic E-state index is 12.4. The first kappa shape index (κ1) is 21.4. The lowest BCUT2D eigenvalue weighted by Gasteiger charge is -2.13. The van der Waals surface area contributed by atoms with Crippen molar-refractivity contribution >= 4 is 17.4 Å². The highest BCUT2D eigenvalue weighted by molar-refractivity contribution is 5.98. The molecule has 0 aromatic heterocycles. The molecular formula is C19H18F2N4O4. The number of nitrogens with two attached hydrogens (primary N) is 1. The van der Waals surface area contributed by atoms with Gasteiger partial charge in [0.05, 0.1) is 18.7 Å². The minimum absolute atomic E-state index is 0.0316. The first-order valence-corrected chi connectivity index (χ1v) is 8.27. The SMILES string of the molecule is COc1cc(/C(N)=N/OC(C)C(=O)Nc2cccc(C#N)c2)ccc1OC(F)F. The second-order valence-corrected chi connectivity index (χ2v) is 5.65. The second kappa shape index (κ2) is 9.89. The molecule has 0 saturated heterocycles. The predicted molar refractivity (Wildman–Crippen MR) is 101 cm³/mol. The van der Waals surface area contributed by atoms with Crippen LogP contribution in [0.1, 0.15) is 18.1 Å². The lowest BCUT2D eigenvalue weighted by molar-refractivity contribution is -0.126. The number of anilines is 1. The van der Waals surface area contributed by atoms with Crippen LogP contribution in [-0.4, -0.2) is 31.6 Å². The summed E-state index contributed by atoms with van der Waals surface area (Å²) in [6.45, 7) is -1.54. The number of nitriles is 1. The molecule has 152 valence electrons. The van der Waals surface area contributed by atoms with Gasteiger partial charge in [-0.3, -0.25) is 4.79 Å². The number of amidine groups is 1. The van der Waals surface area contributed by atoms with Gasteiger partial charge in [-0.1, -0.05) is 11.2 Å². The van der Waals surface area contributed by atoms with Gasteiger partial charge in [-0.05, 0) is 43.3 Å². The molecule has 0 spiro atoms. The molecule has 0 heterocycles. The largest absolute Gasteiger partial charge is 0.493 e. The Morgan fingerprint density at radius 1 is 1.24 bits per heavy atom. The van der Waals surface area contributed by atoms with E-state index in [4.69, 9.17) is 20.6 Å². The molecule has 10 heteroatoms. The van der Waals surface area contributed by atoms with E-state index in [1.165, 1.54) is 38.3 Å². The number of nitrogens with one attached hydrogen (secondary N) is 1. The standard InChI is InChI=1S/C19H18F2N4O4/c1-11(18(26)24-14-5-3-4-12(8-14)10-22)29-25-17(23)13-6-7-15(28-19(20)21)16(9-13)27-2/h3-9,11,19H,1-2H3,(H2,23,25)(H,24,26). The van der Waals surface area contributed by atoms with Crippen LogP contribution in [0.2, 0.25) is 0 Å². The van der Waals surface area contributed by atoms with Crippen LogP contribution < -0.4 is 20.5 Å². The molecule has 29 heavy (non-hydrogen) atoms. The zero-order valence-corrected chi connectivity index (χ0v) is 15.6. The van der Waals surface area contributed by atoms with Crippen molar-refractivity contribution in [3.8, 4) is 17.6 Å². The van der Waals surface area contributed by atoms with Gasteiger partial charge >= 0.3 is 6.61 Å². The maximum Gasteiger partial charge on any atom is 0.387 e. The predicted octanol–water partition coefficient (Wildman–Crippen LogP) is 2.83. The van der Waals surface area contributed by atoms with Crippen molar-refractivity contribution in [3.63, 3.8) is 0 Å². The summed E-state index contributed by atoms with van der Waals surface area (Å²) in [6.07, 6.45) is -0.998. The van der Waals surface area contributed by atoms with Gasteiger partial charge < -0.3 is 25.4 Å². The van der Waals surface area contributed by atoms with Gasteiger partial charge in [0, 0.05) is 11.3 Å². The molecule has 2 rings (SSSR count). The van der Waals surface area contributed by atoms with E-state index < -0.39 is 18.6 Å². The summed E-state index contributed by atoms with van der Waals surface area (Å²) >= 11 is 0.